The fraction of sp³-hybridized carbons (Fsp3) is 0.362. The van der Waals surface area contributed by atoms with E-state index >= 15 is 0 Å². The molecular weight excluding hydrogens is 699 g/mol. The minimum absolute atomic E-state index is 0.182. The number of aryl methyl sites for hydroxylation is 1. The van der Waals surface area contributed by atoms with E-state index < -0.39 is 36.1 Å². The first-order chi connectivity index (χ1) is 27.4. The van der Waals surface area contributed by atoms with E-state index in [0.29, 0.717) is 43.7 Å². The smallest absolute Gasteiger partial charge is 0.243 e. The molecule has 1 fully saturated rings. The number of hydrogen-bond donors (Lipinski definition) is 5. The molecule has 2 amide bonds. The molecule has 6 aromatic rings. The predicted molar refractivity (Wildman–Crippen MR) is 221 cm³/mol. The number of carbonyl (C=O) groups excluding carboxylic acids is 2. The lowest BCUT2D eigenvalue weighted by molar-refractivity contribution is -0.132. The zero-order chi connectivity index (χ0) is 38.7. The topological polar surface area (TPSA) is 140 Å². The molecular formula is C47H53N5O4. The number of imidazole rings is 1. The summed E-state index contributed by atoms with van der Waals surface area (Å²) >= 11 is 0. The van der Waals surface area contributed by atoms with Crippen molar-refractivity contribution in [2.24, 2.45) is 11.8 Å². The molecule has 0 aliphatic heterocycles. The number of aromatic amines is 1. The molecule has 0 spiro atoms. The van der Waals surface area contributed by atoms with Crippen molar-refractivity contribution in [1.82, 2.24) is 25.6 Å². The standard InChI is InChI=1S/C47H53N5O4/c53-44(24-23-38-20-8-9-25-49-38)45(54)42(26-32-12-2-1-3-13-32)51-47(56)43(29-39-30-48-31-50-39)52-46(55)37(27-35-18-10-16-33-14-4-6-21-40(33)35)28-36-19-11-17-34-15-5-7-22-41(34)36/h4-11,14-22,25,30-32,37,42-45,53-54H,1-3,12-13,23-24,26-29H2,(H,48,50)(H,51,56)(H,52,55)/t42-,43?,44-,45+/m0/s1. The average Bonchev–Trinajstić information content (AvgIpc) is 3.76. The number of pyridine rings is 1. The molecule has 1 saturated carbocycles. The van der Waals surface area contributed by atoms with Crippen molar-refractivity contribution in [2.45, 2.75) is 94.9 Å². The molecule has 1 aliphatic rings. The Bertz CT molecular complexity index is 2080. The van der Waals surface area contributed by atoms with Crippen LogP contribution in [0.25, 0.3) is 21.5 Å². The molecule has 0 radical (unpaired) electrons. The third-order valence-corrected chi connectivity index (χ3v) is 11.5. The highest BCUT2D eigenvalue weighted by Gasteiger charge is 2.34. The van der Waals surface area contributed by atoms with Crippen molar-refractivity contribution in [3.8, 4) is 0 Å². The largest absolute Gasteiger partial charge is 0.390 e. The van der Waals surface area contributed by atoms with Gasteiger partial charge in [0.2, 0.25) is 11.8 Å². The van der Waals surface area contributed by atoms with E-state index in [9.17, 15) is 19.8 Å². The van der Waals surface area contributed by atoms with Crippen molar-refractivity contribution in [3.05, 3.63) is 144 Å². The van der Waals surface area contributed by atoms with Crippen LogP contribution in [0.4, 0.5) is 0 Å². The van der Waals surface area contributed by atoms with Gasteiger partial charge in [0, 0.05) is 36.1 Å². The molecule has 290 valence electrons. The van der Waals surface area contributed by atoms with E-state index in [-0.39, 0.29) is 12.3 Å². The summed E-state index contributed by atoms with van der Waals surface area (Å²) in [4.78, 5) is 40.9. The van der Waals surface area contributed by atoms with Crippen LogP contribution in [0.15, 0.2) is 122 Å². The highest BCUT2D eigenvalue weighted by atomic mass is 16.3. The Hall–Kier alpha value is -5.38. The van der Waals surface area contributed by atoms with Gasteiger partial charge >= 0.3 is 0 Å². The number of amides is 2. The maximum atomic E-state index is 14.7. The summed E-state index contributed by atoms with van der Waals surface area (Å²) in [6, 6.07) is 32.8. The number of fused-ring (bicyclic) bond motifs is 2. The van der Waals surface area contributed by atoms with Crippen LogP contribution in [-0.4, -0.2) is 61.3 Å². The van der Waals surface area contributed by atoms with Gasteiger partial charge in [0.05, 0.1) is 18.5 Å². The lowest BCUT2D eigenvalue weighted by Crippen LogP contribution is -2.56. The van der Waals surface area contributed by atoms with Crippen molar-refractivity contribution in [1.29, 1.82) is 0 Å². The van der Waals surface area contributed by atoms with Gasteiger partial charge in [-0.3, -0.25) is 14.6 Å². The van der Waals surface area contributed by atoms with Gasteiger partial charge in [-0.15, -0.1) is 0 Å². The molecule has 0 bridgehead atoms. The molecule has 1 unspecified atom stereocenters. The summed E-state index contributed by atoms with van der Waals surface area (Å²) in [5.41, 5.74) is 3.65. The van der Waals surface area contributed by atoms with E-state index in [4.69, 9.17) is 0 Å². The summed E-state index contributed by atoms with van der Waals surface area (Å²) in [6.45, 7) is 0. The Balaban J connectivity index is 1.15. The van der Waals surface area contributed by atoms with E-state index in [2.05, 4.69) is 74.1 Å². The van der Waals surface area contributed by atoms with E-state index in [1.165, 1.54) is 6.42 Å². The summed E-state index contributed by atoms with van der Waals surface area (Å²) in [5.74, 6) is -0.817. The minimum Gasteiger partial charge on any atom is -0.390 e. The number of hydrogen-bond acceptors (Lipinski definition) is 6. The number of aliphatic hydroxyl groups excluding tert-OH is 2. The molecule has 4 aromatic carbocycles. The summed E-state index contributed by atoms with van der Waals surface area (Å²) in [6.07, 6.45) is 10.6. The lowest BCUT2D eigenvalue weighted by Gasteiger charge is -2.33. The third kappa shape index (κ3) is 10.1. The van der Waals surface area contributed by atoms with Gasteiger partial charge in [-0.1, -0.05) is 123 Å². The van der Waals surface area contributed by atoms with Crippen molar-refractivity contribution >= 4 is 33.4 Å². The van der Waals surface area contributed by atoms with Gasteiger partial charge in [0.25, 0.3) is 0 Å². The number of nitrogens with zero attached hydrogens (tertiary/aromatic N) is 2. The molecule has 9 nitrogen and oxygen atoms in total. The van der Waals surface area contributed by atoms with Crippen LogP contribution in [0.3, 0.4) is 0 Å². The quantitative estimate of drug-likeness (QED) is 0.0677. The second-order valence-electron chi connectivity index (χ2n) is 15.5. The minimum atomic E-state index is -1.20. The lowest BCUT2D eigenvalue weighted by atomic mass is 9.82. The zero-order valence-electron chi connectivity index (χ0n) is 31.9. The Morgan fingerprint density at radius 1 is 0.732 bits per heavy atom. The first kappa shape index (κ1) is 38.9. The summed E-state index contributed by atoms with van der Waals surface area (Å²) < 4.78 is 0. The molecule has 5 N–H and O–H groups in total. The van der Waals surface area contributed by atoms with Crippen LogP contribution in [0.5, 0.6) is 0 Å². The SMILES string of the molecule is O=C(NC(Cc1cnc[nH]1)C(=O)N[C@@H](CC1CCCCC1)[C@@H](O)[C@@H](O)CCc1ccccn1)C(Cc1cccc2ccccc12)Cc1cccc2ccccc12. The van der Waals surface area contributed by atoms with E-state index in [1.807, 2.05) is 54.6 Å². The monoisotopic (exact) mass is 751 g/mol. The molecule has 1 aliphatic carbocycles. The van der Waals surface area contributed by atoms with E-state index in [1.54, 1.807) is 18.7 Å². The van der Waals surface area contributed by atoms with Crippen LogP contribution in [-0.2, 0) is 35.3 Å². The fourth-order valence-corrected chi connectivity index (χ4v) is 8.47. The molecule has 0 saturated heterocycles. The highest BCUT2D eigenvalue weighted by Crippen LogP contribution is 2.30. The second-order valence-corrected chi connectivity index (χ2v) is 15.5. The number of H-pyrrole nitrogens is 1. The van der Waals surface area contributed by atoms with E-state index in [0.717, 1.165) is 64.0 Å². The summed E-state index contributed by atoms with van der Waals surface area (Å²) in [5, 5.41) is 33.6. The molecule has 2 aromatic heterocycles. The fourth-order valence-electron chi connectivity index (χ4n) is 8.47. The van der Waals surface area contributed by atoms with Gasteiger partial charge in [-0.05, 0) is 82.8 Å². The maximum absolute atomic E-state index is 14.7. The average molecular weight is 752 g/mol. The van der Waals surface area contributed by atoms with Gasteiger partial charge in [0.15, 0.2) is 0 Å². The summed E-state index contributed by atoms with van der Waals surface area (Å²) in [7, 11) is 0. The number of nitrogens with one attached hydrogen (secondary N) is 3. The molecule has 4 atom stereocenters. The highest BCUT2D eigenvalue weighted by molar-refractivity contribution is 5.91. The van der Waals surface area contributed by atoms with Gasteiger partial charge in [-0.2, -0.15) is 0 Å². The predicted octanol–water partition coefficient (Wildman–Crippen LogP) is 7.05. The van der Waals surface area contributed by atoms with Gasteiger partial charge < -0.3 is 25.8 Å². The first-order valence-corrected chi connectivity index (χ1v) is 20.2. The van der Waals surface area contributed by atoms with Crippen LogP contribution >= 0.6 is 0 Å². The number of aromatic nitrogens is 3. The van der Waals surface area contributed by atoms with Gasteiger partial charge in [-0.25, -0.2) is 4.98 Å². The maximum Gasteiger partial charge on any atom is 0.243 e. The molecule has 9 heteroatoms. The molecule has 2 heterocycles. The Labute approximate surface area is 329 Å². The normalized spacial score (nSPS) is 15.7. The number of benzene rings is 4. The van der Waals surface area contributed by atoms with Crippen molar-refractivity contribution < 1.29 is 19.8 Å². The zero-order valence-corrected chi connectivity index (χ0v) is 31.9. The number of carbonyl (C=O) groups is 2. The second kappa shape index (κ2) is 19.0. The molecule has 7 rings (SSSR count). The van der Waals surface area contributed by atoms with Crippen LogP contribution in [0.1, 0.15) is 67.5 Å². The van der Waals surface area contributed by atoms with Gasteiger partial charge in [0.1, 0.15) is 12.1 Å². The third-order valence-electron chi connectivity index (χ3n) is 11.5. The molecule has 56 heavy (non-hydrogen) atoms. The number of aliphatic hydroxyl groups is 2. The van der Waals surface area contributed by atoms with Crippen LogP contribution in [0, 0.1) is 11.8 Å². The Morgan fingerprint density at radius 3 is 2.00 bits per heavy atom. The van der Waals surface area contributed by atoms with Crippen LogP contribution in [0.2, 0.25) is 0 Å². The van der Waals surface area contributed by atoms with Crippen molar-refractivity contribution in [2.75, 3.05) is 0 Å². The number of rotatable bonds is 17. The van der Waals surface area contributed by atoms with Crippen molar-refractivity contribution in [3.63, 3.8) is 0 Å². The Kier molecular flexibility index (Phi) is 13.2. The van der Waals surface area contributed by atoms with Crippen LogP contribution < -0.4 is 10.6 Å². The first-order valence-electron chi connectivity index (χ1n) is 20.2. The Morgan fingerprint density at radius 2 is 1.38 bits per heavy atom.